The first-order valence-corrected chi connectivity index (χ1v) is 10.3. The molecule has 1 unspecified atom stereocenters. The number of para-hydroxylation sites is 1. The molecule has 3 rings (SSSR count). The molecule has 7 nitrogen and oxygen atoms in total. The van der Waals surface area contributed by atoms with Gasteiger partial charge in [0, 0.05) is 26.2 Å². The predicted octanol–water partition coefficient (Wildman–Crippen LogP) is 2.45. The average molecular weight is 390 g/mol. The van der Waals surface area contributed by atoms with E-state index in [4.69, 9.17) is 4.74 Å². The van der Waals surface area contributed by atoms with Crippen molar-refractivity contribution >= 4 is 23.6 Å². The fraction of sp³-hybridized carbons (Fsp3) is 0.526. The number of carbonyl (C=O) groups is 1. The van der Waals surface area contributed by atoms with Crippen molar-refractivity contribution < 1.29 is 9.53 Å². The molecule has 1 aliphatic heterocycles. The summed E-state index contributed by atoms with van der Waals surface area (Å²) in [7, 11) is 0. The van der Waals surface area contributed by atoms with Gasteiger partial charge >= 0.3 is 0 Å². The highest BCUT2D eigenvalue weighted by atomic mass is 32.2. The maximum Gasteiger partial charge on any atom is 0.235 e. The number of aromatic nitrogens is 3. The minimum atomic E-state index is -0.228. The summed E-state index contributed by atoms with van der Waals surface area (Å²) >= 11 is 1.46. The van der Waals surface area contributed by atoms with Crippen molar-refractivity contribution in [2.75, 3.05) is 44.3 Å². The number of anilines is 1. The highest BCUT2D eigenvalue weighted by Crippen LogP contribution is 2.30. The van der Waals surface area contributed by atoms with E-state index in [0.717, 1.165) is 29.9 Å². The van der Waals surface area contributed by atoms with Crippen LogP contribution in [0.4, 0.5) is 5.95 Å². The number of benzene rings is 1. The Morgan fingerprint density at radius 3 is 2.48 bits per heavy atom. The standard InChI is InChI=1S/C19H27N5O2S/c1-4-22(5-2)17(25)15(3)27-19-21-20-18(23-11-13-26-14-12-23)24(19)16-9-7-6-8-10-16/h6-10,15H,4-5,11-14H2,1-3H3. The van der Waals surface area contributed by atoms with Crippen molar-refractivity contribution in [1.29, 1.82) is 0 Å². The molecule has 27 heavy (non-hydrogen) atoms. The molecule has 8 heteroatoms. The number of morpholine rings is 1. The Balaban J connectivity index is 1.91. The van der Waals surface area contributed by atoms with Crippen LogP contribution in [-0.4, -0.2) is 70.2 Å². The van der Waals surface area contributed by atoms with E-state index < -0.39 is 0 Å². The lowest BCUT2D eigenvalue weighted by Crippen LogP contribution is -2.38. The molecule has 0 saturated carbocycles. The van der Waals surface area contributed by atoms with Crippen molar-refractivity contribution in [3.05, 3.63) is 30.3 Å². The summed E-state index contributed by atoms with van der Waals surface area (Å²) in [6.07, 6.45) is 0. The number of nitrogens with zero attached hydrogens (tertiary/aromatic N) is 5. The van der Waals surface area contributed by atoms with Crippen LogP contribution in [0.25, 0.3) is 5.69 Å². The summed E-state index contributed by atoms with van der Waals surface area (Å²) < 4.78 is 7.51. The van der Waals surface area contributed by atoms with Gasteiger partial charge in [0.05, 0.1) is 24.2 Å². The van der Waals surface area contributed by atoms with Crippen LogP contribution < -0.4 is 4.90 Å². The molecule has 146 valence electrons. The number of rotatable bonds is 7. The van der Waals surface area contributed by atoms with Crippen LogP contribution in [0.15, 0.2) is 35.5 Å². The van der Waals surface area contributed by atoms with E-state index in [2.05, 4.69) is 15.1 Å². The van der Waals surface area contributed by atoms with Crippen molar-refractivity contribution in [2.24, 2.45) is 0 Å². The Labute approximate surface area is 164 Å². The molecule has 2 aromatic rings. The Bertz CT molecular complexity index is 742. The smallest absolute Gasteiger partial charge is 0.235 e. The summed E-state index contributed by atoms with van der Waals surface area (Å²) in [5.74, 6) is 0.926. The molecule has 1 aromatic heterocycles. The van der Waals surface area contributed by atoms with Crippen LogP contribution >= 0.6 is 11.8 Å². The zero-order valence-corrected chi connectivity index (χ0v) is 17.0. The topological polar surface area (TPSA) is 63.5 Å². The van der Waals surface area contributed by atoms with Gasteiger partial charge in [-0.3, -0.25) is 9.36 Å². The van der Waals surface area contributed by atoms with Gasteiger partial charge in [-0.25, -0.2) is 0 Å². The molecule has 0 aliphatic carbocycles. The second-order valence-corrected chi connectivity index (χ2v) is 7.63. The molecule has 1 aliphatic rings. The minimum absolute atomic E-state index is 0.125. The number of ether oxygens (including phenoxy) is 1. The third-order valence-corrected chi connectivity index (χ3v) is 5.66. The molecule has 0 N–H and O–H groups in total. The molecule has 1 amide bonds. The first-order valence-electron chi connectivity index (χ1n) is 9.44. The van der Waals surface area contributed by atoms with Crippen LogP contribution in [0.3, 0.4) is 0 Å². The number of hydrogen-bond acceptors (Lipinski definition) is 6. The predicted molar refractivity (Wildman–Crippen MR) is 108 cm³/mol. The second-order valence-electron chi connectivity index (χ2n) is 6.32. The second kappa shape index (κ2) is 9.23. The Kier molecular flexibility index (Phi) is 6.73. The SMILES string of the molecule is CCN(CC)C(=O)C(C)Sc1nnc(N2CCOCC2)n1-c1ccccc1. The van der Waals surface area contributed by atoms with Crippen LogP contribution in [0, 0.1) is 0 Å². The van der Waals surface area contributed by atoms with Crippen LogP contribution in [-0.2, 0) is 9.53 Å². The van der Waals surface area contributed by atoms with Crippen LogP contribution in [0.5, 0.6) is 0 Å². The Hall–Kier alpha value is -2.06. The van der Waals surface area contributed by atoms with Crippen molar-refractivity contribution in [3.63, 3.8) is 0 Å². The zero-order chi connectivity index (χ0) is 19.2. The molecule has 1 saturated heterocycles. The van der Waals surface area contributed by atoms with E-state index in [0.29, 0.717) is 26.3 Å². The highest BCUT2D eigenvalue weighted by molar-refractivity contribution is 8.00. The molecule has 0 radical (unpaired) electrons. The van der Waals surface area contributed by atoms with Crippen LogP contribution in [0.2, 0.25) is 0 Å². The van der Waals surface area contributed by atoms with Gasteiger partial charge in [0.1, 0.15) is 0 Å². The van der Waals surface area contributed by atoms with Crippen LogP contribution in [0.1, 0.15) is 20.8 Å². The van der Waals surface area contributed by atoms with Gasteiger partial charge in [-0.2, -0.15) is 0 Å². The molecule has 1 aromatic carbocycles. The largest absolute Gasteiger partial charge is 0.378 e. The average Bonchev–Trinajstić information content (AvgIpc) is 3.13. The normalized spacial score (nSPS) is 15.6. The van der Waals surface area contributed by atoms with E-state index >= 15 is 0 Å². The Morgan fingerprint density at radius 2 is 1.85 bits per heavy atom. The fourth-order valence-corrected chi connectivity index (χ4v) is 4.06. The van der Waals surface area contributed by atoms with Gasteiger partial charge in [0.25, 0.3) is 0 Å². The monoisotopic (exact) mass is 389 g/mol. The summed E-state index contributed by atoms with van der Waals surface area (Å²) in [4.78, 5) is 16.7. The summed E-state index contributed by atoms with van der Waals surface area (Å²) in [5, 5.41) is 9.38. The number of amides is 1. The third kappa shape index (κ3) is 4.44. The lowest BCUT2D eigenvalue weighted by atomic mass is 10.3. The zero-order valence-electron chi connectivity index (χ0n) is 16.2. The lowest BCUT2D eigenvalue weighted by molar-refractivity contribution is -0.129. The minimum Gasteiger partial charge on any atom is -0.378 e. The summed E-state index contributed by atoms with van der Waals surface area (Å²) in [5.41, 5.74) is 0.994. The molecule has 1 atom stereocenters. The van der Waals surface area contributed by atoms with Gasteiger partial charge < -0.3 is 14.5 Å². The maximum absolute atomic E-state index is 12.7. The molecule has 2 heterocycles. The molecule has 0 spiro atoms. The van der Waals surface area contributed by atoms with E-state index in [-0.39, 0.29) is 11.2 Å². The fourth-order valence-electron chi connectivity index (χ4n) is 3.11. The quantitative estimate of drug-likeness (QED) is 0.678. The summed E-state index contributed by atoms with van der Waals surface area (Å²) in [6.45, 7) is 10.3. The van der Waals surface area contributed by atoms with Gasteiger partial charge in [-0.15, -0.1) is 10.2 Å². The van der Waals surface area contributed by atoms with E-state index in [1.807, 2.05) is 60.6 Å². The first kappa shape index (κ1) is 19.7. The van der Waals surface area contributed by atoms with E-state index in [9.17, 15) is 4.79 Å². The van der Waals surface area contributed by atoms with E-state index in [1.54, 1.807) is 0 Å². The van der Waals surface area contributed by atoms with Gasteiger partial charge in [0.15, 0.2) is 5.16 Å². The molecular weight excluding hydrogens is 362 g/mol. The van der Waals surface area contributed by atoms with Gasteiger partial charge in [0.2, 0.25) is 11.9 Å². The number of thioether (sulfide) groups is 1. The first-order chi connectivity index (χ1) is 13.2. The van der Waals surface area contributed by atoms with Crippen molar-refractivity contribution in [3.8, 4) is 5.69 Å². The number of hydrogen-bond donors (Lipinski definition) is 0. The molecule has 0 bridgehead atoms. The molecule has 1 fully saturated rings. The maximum atomic E-state index is 12.7. The van der Waals surface area contributed by atoms with Crippen molar-refractivity contribution in [1.82, 2.24) is 19.7 Å². The summed E-state index contributed by atoms with van der Waals surface area (Å²) in [6, 6.07) is 10.1. The Morgan fingerprint density at radius 1 is 1.19 bits per heavy atom. The molecular formula is C19H27N5O2S. The lowest BCUT2D eigenvalue weighted by Gasteiger charge is -2.28. The van der Waals surface area contributed by atoms with Gasteiger partial charge in [-0.1, -0.05) is 30.0 Å². The highest BCUT2D eigenvalue weighted by Gasteiger charge is 2.26. The third-order valence-electron chi connectivity index (χ3n) is 4.63. The van der Waals surface area contributed by atoms with Gasteiger partial charge in [-0.05, 0) is 32.9 Å². The van der Waals surface area contributed by atoms with E-state index in [1.165, 1.54) is 11.8 Å². The van der Waals surface area contributed by atoms with Crippen molar-refractivity contribution in [2.45, 2.75) is 31.2 Å². The number of carbonyl (C=O) groups excluding carboxylic acids is 1.